The van der Waals surface area contributed by atoms with Crippen molar-refractivity contribution in [2.45, 2.75) is 70.9 Å². The molecule has 0 aliphatic heterocycles. The first-order valence-electron chi connectivity index (χ1n) is 7.52. The summed E-state index contributed by atoms with van der Waals surface area (Å²) >= 11 is 0. The van der Waals surface area contributed by atoms with E-state index in [0.717, 1.165) is 37.8 Å². The van der Waals surface area contributed by atoms with Crippen molar-refractivity contribution >= 4 is 31.5 Å². The van der Waals surface area contributed by atoms with E-state index in [0.29, 0.717) is 19.3 Å². The van der Waals surface area contributed by atoms with Crippen molar-refractivity contribution in [1.82, 2.24) is 0 Å². The van der Waals surface area contributed by atoms with Gasteiger partial charge < -0.3 is 8.85 Å². The highest BCUT2D eigenvalue weighted by molar-refractivity contribution is 6.30. The van der Waals surface area contributed by atoms with Crippen LogP contribution in [0.5, 0.6) is 0 Å². The predicted octanol–water partition coefficient (Wildman–Crippen LogP) is 1.85. The van der Waals surface area contributed by atoms with Crippen molar-refractivity contribution in [3.05, 3.63) is 0 Å². The second-order valence-electron chi connectivity index (χ2n) is 4.71. The monoisotopic (exact) mass is 304 g/mol. The van der Waals surface area contributed by atoms with Gasteiger partial charge in [-0.2, -0.15) is 0 Å². The predicted molar refractivity (Wildman–Crippen MR) is 82.6 cm³/mol. The first-order valence-corrected chi connectivity index (χ1v) is 10.7. The van der Waals surface area contributed by atoms with Gasteiger partial charge in [0.05, 0.1) is 0 Å². The summed E-state index contributed by atoms with van der Waals surface area (Å²) in [6.45, 7) is 4.26. The molecular formula is C13H28O4Si2. The molecule has 0 aromatic heterocycles. The second kappa shape index (κ2) is 13.8. The van der Waals surface area contributed by atoms with Gasteiger partial charge in [0.15, 0.2) is 0 Å². The van der Waals surface area contributed by atoms with Crippen molar-refractivity contribution in [1.29, 1.82) is 0 Å². The van der Waals surface area contributed by atoms with E-state index >= 15 is 0 Å². The normalized spacial score (nSPS) is 11.5. The molecule has 112 valence electrons. The Bertz CT molecular complexity index is 223. The van der Waals surface area contributed by atoms with Crippen LogP contribution in [0.2, 0.25) is 12.1 Å². The SMILES string of the molecule is CCCC[SiH2]OC(=O)CCCC(=O)O[SiH2]CCCC. The largest absolute Gasteiger partial charge is 0.525 e. The Morgan fingerprint density at radius 1 is 0.789 bits per heavy atom. The van der Waals surface area contributed by atoms with E-state index in [1.54, 1.807) is 0 Å². The van der Waals surface area contributed by atoms with Crippen LogP contribution in [0.25, 0.3) is 0 Å². The van der Waals surface area contributed by atoms with E-state index in [1.807, 2.05) is 0 Å². The van der Waals surface area contributed by atoms with Gasteiger partial charge in [0.1, 0.15) is 0 Å². The first-order chi connectivity index (χ1) is 9.20. The summed E-state index contributed by atoms with van der Waals surface area (Å²) in [5.41, 5.74) is 0. The zero-order chi connectivity index (χ0) is 14.3. The Kier molecular flexibility index (Phi) is 13.3. The molecule has 6 heteroatoms. The topological polar surface area (TPSA) is 52.6 Å². The lowest BCUT2D eigenvalue weighted by molar-refractivity contribution is -0.136. The summed E-state index contributed by atoms with van der Waals surface area (Å²) in [5.74, 6) is -0.280. The third kappa shape index (κ3) is 13.6. The fraction of sp³-hybridized carbons (Fsp3) is 0.846. The smallest absolute Gasteiger partial charge is 0.292 e. The van der Waals surface area contributed by atoms with Gasteiger partial charge in [0.2, 0.25) is 19.5 Å². The molecule has 0 atom stereocenters. The van der Waals surface area contributed by atoms with Crippen LogP contribution in [0.1, 0.15) is 58.8 Å². The zero-order valence-electron chi connectivity index (χ0n) is 12.4. The third-order valence-corrected chi connectivity index (χ3v) is 5.41. The number of rotatable bonds is 12. The lowest BCUT2D eigenvalue weighted by Crippen LogP contribution is -2.11. The molecule has 0 saturated heterocycles. The first kappa shape index (κ1) is 18.4. The molecule has 0 N–H and O–H groups in total. The molecular weight excluding hydrogens is 276 g/mol. The van der Waals surface area contributed by atoms with E-state index in [4.69, 9.17) is 8.85 Å². The van der Waals surface area contributed by atoms with Gasteiger partial charge in [0.25, 0.3) is 11.9 Å². The fourth-order valence-electron chi connectivity index (χ4n) is 1.60. The summed E-state index contributed by atoms with van der Waals surface area (Å²) in [6.07, 6.45) is 5.86. The zero-order valence-corrected chi connectivity index (χ0v) is 15.2. The molecule has 0 aliphatic rings. The van der Waals surface area contributed by atoms with Gasteiger partial charge >= 0.3 is 0 Å². The van der Waals surface area contributed by atoms with E-state index in [2.05, 4.69) is 13.8 Å². The Hall–Kier alpha value is -0.626. The lowest BCUT2D eigenvalue weighted by Gasteiger charge is -2.05. The average molecular weight is 305 g/mol. The van der Waals surface area contributed by atoms with Crippen LogP contribution >= 0.6 is 0 Å². The van der Waals surface area contributed by atoms with E-state index in [9.17, 15) is 9.59 Å². The highest BCUT2D eigenvalue weighted by Gasteiger charge is 2.06. The third-order valence-electron chi connectivity index (χ3n) is 2.78. The van der Waals surface area contributed by atoms with E-state index in [-0.39, 0.29) is 11.9 Å². The number of unbranched alkanes of at least 4 members (excludes halogenated alkanes) is 2. The minimum atomic E-state index is -0.673. The molecule has 0 aromatic rings. The highest BCUT2D eigenvalue weighted by Crippen LogP contribution is 2.02. The Morgan fingerprint density at radius 2 is 1.21 bits per heavy atom. The van der Waals surface area contributed by atoms with Gasteiger partial charge in [0, 0.05) is 12.8 Å². The Labute approximate surface area is 121 Å². The molecule has 4 nitrogen and oxygen atoms in total. The molecule has 0 bridgehead atoms. The van der Waals surface area contributed by atoms with Crippen LogP contribution < -0.4 is 0 Å². The van der Waals surface area contributed by atoms with Crippen molar-refractivity contribution in [3.8, 4) is 0 Å². The standard InChI is InChI=1S/C13H28O4Si2/c1-3-5-10-18-16-12(14)8-7-9-13(15)17-19-11-6-4-2/h3-11,18-19H2,1-2H3. The maximum atomic E-state index is 11.4. The summed E-state index contributed by atoms with van der Waals surface area (Å²) in [7, 11) is -1.35. The van der Waals surface area contributed by atoms with Gasteiger partial charge in [-0.3, -0.25) is 9.59 Å². The maximum absolute atomic E-state index is 11.4. The Balaban J connectivity index is 3.35. The molecule has 0 spiro atoms. The van der Waals surface area contributed by atoms with Crippen LogP contribution in [0.4, 0.5) is 0 Å². The van der Waals surface area contributed by atoms with Crippen molar-refractivity contribution in [2.24, 2.45) is 0 Å². The molecule has 0 aliphatic carbocycles. The van der Waals surface area contributed by atoms with E-state index in [1.165, 1.54) is 0 Å². The quantitative estimate of drug-likeness (QED) is 0.408. The summed E-state index contributed by atoms with van der Waals surface area (Å²) in [5, 5.41) is 0. The number of carbonyl (C=O) groups excluding carboxylic acids is 2. The minimum Gasteiger partial charge on any atom is -0.525 e. The lowest BCUT2D eigenvalue weighted by atomic mass is 10.2. The molecule has 0 saturated carbocycles. The molecule has 19 heavy (non-hydrogen) atoms. The molecule has 0 rings (SSSR count). The highest BCUT2D eigenvalue weighted by atomic mass is 28.2. The van der Waals surface area contributed by atoms with Gasteiger partial charge in [-0.1, -0.05) is 39.5 Å². The van der Waals surface area contributed by atoms with Crippen molar-refractivity contribution in [3.63, 3.8) is 0 Å². The van der Waals surface area contributed by atoms with Crippen molar-refractivity contribution < 1.29 is 18.4 Å². The molecule has 0 amide bonds. The van der Waals surface area contributed by atoms with E-state index < -0.39 is 19.5 Å². The molecule has 0 fully saturated rings. The van der Waals surface area contributed by atoms with Crippen LogP contribution in [0, 0.1) is 0 Å². The molecule has 0 heterocycles. The van der Waals surface area contributed by atoms with Crippen LogP contribution in [-0.4, -0.2) is 31.5 Å². The van der Waals surface area contributed by atoms with Crippen LogP contribution in [-0.2, 0) is 18.4 Å². The Morgan fingerprint density at radius 3 is 1.58 bits per heavy atom. The summed E-state index contributed by atoms with van der Waals surface area (Å²) in [4.78, 5) is 22.7. The molecule has 0 unspecified atom stereocenters. The van der Waals surface area contributed by atoms with Gasteiger partial charge in [-0.25, -0.2) is 0 Å². The van der Waals surface area contributed by atoms with Gasteiger partial charge in [-0.15, -0.1) is 0 Å². The number of hydrogen-bond acceptors (Lipinski definition) is 4. The van der Waals surface area contributed by atoms with Gasteiger partial charge in [-0.05, 0) is 18.5 Å². The van der Waals surface area contributed by atoms with Crippen LogP contribution in [0.3, 0.4) is 0 Å². The molecule has 0 radical (unpaired) electrons. The maximum Gasteiger partial charge on any atom is 0.292 e. The minimum absolute atomic E-state index is 0.140. The van der Waals surface area contributed by atoms with Crippen molar-refractivity contribution in [2.75, 3.05) is 0 Å². The summed E-state index contributed by atoms with van der Waals surface area (Å²) in [6, 6.07) is 2.13. The number of carbonyl (C=O) groups is 2. The van der Waals surface area contributed by atoms with Crippen LogP contribution in [0.15, 0.2) is 0 Å². The molecule has 0 aromatic carbocycles. The number of hydrogen-bond donors (Lipinski definition) is 0. The average Bonchev–Trinajstić information content (AvgIpc) is 2.40. The summed E-state index contributed by atoms with van der Waals surface area (Å²) < 4.78 is 10.4. The second-order valence-corrected chi connectivity index (χ2v) is 7.52. The fourth-order valence-corrected chi connectivity index (χ4v) is 4.04.